The SMILES string of the molecule is c1ccc(N(c2ccccc2)c2ccccc2)cc1.c1ccc(Nc2ccccc2)cc1.c1ccc2cc3ccccc3cc2c1.c1ncncn1. The van der Waals surface area contributed by atoms with Crippen LogP contribution in [0.3, 0.4) is 0 Å². The van der Waals surface area contributed by atoms with Crippen molar-refractivity contribution in [2.45, 2.75) is 0 Å². The summed E-state index contributed by atoms with van der Waals surface area (Å²) in [6.45, 7) is 0. The average Bonchev–Trinajstić information content (AvgIpc) is 3.23. The molecule has 5 heteroatoms. The number of nitrogens with zero attached hydrogens (tertiary/aromatic N) is 4. The molecular formula is C47H39N5. The van der Waals surface area contributed by atoms with Crippen molar-refractivity contribution < 1.29 is 0 Å². The highest BCUT2D eigenvalue weighted by Gasteiger charge is 2.10. The van der Waals surface area contributed by atoms with Crippen molar-refractivity contribution in [3.8, 4) is 0 Å². The van der Waals surface area contributed by atoms with Gasteiger partial charge in [-0.25, -0.2) is 15.0 Å². The minimum atomic E-state index is 1.12. The van der Waals surface area contributed by atoms with Crippen LogP contribution in [0.2, 0.25) is 0 Å². The second kappa shape index (κ2) is 19.2. The van der Waals surface area contributed by atoms with Crippen molar-refractivity contribution >= 4 is 50.0 Å². The fraction of sp³-hybridized carbons (Fsp3) is 0. The Labute approximate surface area is 305 Å². The van der Waals surface area contributed by atoms with Gasteiger partial charge in [0.05, 0.1) is 0 Å². The van der Waals surface area contributed by atoms with E-state index in [-0.39, 0.29) is 0 Å². The van der Waals surface area contributed by atoms with Gasteiger partial charge in [-0.3, -0.25) is 0 Å². The van der Waals surface area contributed by atoms with Crippen LogP contribution in [0.4, 0.5) is 28.4 Å². The van der Waals surface area contributed by atoms with Crippen molar-refractivity contribution in [3.63, 3.8) is 0 Å². The third-order valence-corrected chi connectivity index (χ3v) is 7.89. The first-order chi connectivity index (χ1) is 25.8. The van der Waals surface area contributed by atoms with E-state index in [1.165, 1.54) is 57.6 Å². The summed E-state index contributed by atoms with van der Waals surface area (Å²) >= 11 is 0. The molecule has 0 saturated heterocycles. The van der Waals surface area contributed by atoms with Crippen LogP contribution in [0.15, 0.2) is 231 Å². The van der Waals surface area contributed by atoms with Crippen molar-refractivity contribution in [2.24, 2.45) is 0 Å². The predicted molar refractivity (Wildman–Crippen MR) is 219 cm³/mol. The summed E-state index contributed by atoms with van der Waals surface area (Å²) in [5.74, 6) is 0. The lowest BCUT2D eigenvalue weighted by Gasteiger charge is -2.25. The van der Waals surface area contributed by atoms with Crippen molar-refractivity contribution in [3.05, 3.63) is 231 Å². The van der Waals surface area contributed by atoms with E-state index < -0.39 is 0 Å². The van der Waals surface area contributed by atoms with Gasteiger partial charge in [0.25, 0.3) is 0 Å². The maximum atomic E-state index is 3.56. The summed E-state index contributed by atoms with van der Waals surface area (Å²) in [5.41, 5.74) is 5.74. The lowest BCUT2D eigenvalue weighted by molar-refractivity contribution is 1.05. The molecule has 0 aliphatic carbocycles. The zero-order chi connectivity index (χ0) is 35.5. The monoisotopic (exact) mass is 673 g/mol. The maximum Gasteiger partial charge on any atom is 0.119 e. The molecule has 0 aliphatic heterocycles. The fourth-order valence-corrected chi connectivity index (χ4v) is 5.48. The van der Waals surface area contributed by atoms with Crippen LogP contribution in [-0.2, 0) is 0 Å². The van der Waals surface area contributed by atoms with Gasteiger partial charge in [-0.1, -0.05) is 140 Å². The van der Waals surface area contributed by atoms with Gasteiger partial charge in [-0.15, -0.1) is 0 Å². The fourth-order valence-electron chi connectivity index (χ4n) is 5.48. The topological polar surface area (TPSA) is 53.9 Å². The lowest BCUT2D eigenvalue weighted by Crippen LogP contribution is -2.09. The van der Waals surface area contributed by atoms with Gasteiger partial charge in [-0.05, 0) is 94.3 Å². The van der Waals surface area contributed by atoms with E-state index in [2.05, 4.69) is 159 Å². The van der Waals surface area contributed by atoms with Gasteiger partial charge in [0, 0.05) is 28.4 Å². The van der Waals surface area contributed by atoms with E-state index in [4.69, 9.17) is 0 Å². The molecule has 0 saturated carbocycles. The van der Waals surface area contributed by atoms with Crippen molar-refractivity contribution in [1.82, 2.24) is 15.0 Å². The summed E-state index contributed by atoms with van der Waals surface area (Å²) in [7, 11) is 0. The summed E-state index contributed by atoms with van der Waals surface area (Å²) in [5, 5.41) is 8.55. The molecule has 252 valence electrons. The van der Waals surface area contributed by atoms with Gasteiger partial charge in [0.15, 0.2) is 0 Å². The second-order valence-corrected chi connectivity index (χ2v) is 11.5. The molecule has 0 spiro atoms. The molecule has 1 heterocycles. The number of anilines is 5. The Morgan fingerprint density at radius 3 is 0.808 bits per heavy atom. The molecule has 52 heavy (non-hydrogen) atoms. The van der Waals surface area contributed by atoms with Gasteiger partial charge in [-0.2, -0.15) is 0 Å². The van der Waals surface area contributed by atoms with Crippen LogP contribution in [0, 0.1) is 0 Å². The van der Waals surface area contributed by atoms with E-state index in [1.807, 2.05) is 78.9 Å². The third kappa shape index (κ3) is 10.4. The Morgan fingerprint density at radius 2 is 0.538 bits per heavy atom. The highest BCUT2D eigenvalue weighted by atomic mass is 15.1. The molecule has 0 unspecified atom stereocenters. The molecule has 0 aliphatic rings. The number of hydrogen-bond acceptors (Lipinski definition) is 5. The highest BCUT2D eigenvalue weighted by Crippen LogP contribution is 2.33. The van der Waals surface area contributed by atoms with Gasteiger partial charge in [0.2, 0.25) is 0 Å². The number of aromatic nitrogens is 3. The van der Waals surface area contributed by atoms with E-state index in [0.29, 0.717) is 0 Å². The molecule has 0 bridgehead atoms. The van der Waals surface area contributed by atoms with Crippen LogP contribution in [-0.4, -0.2) is 15.0 Å². The summed E-state index contributed by atoms with van der Waals surface area (Å²) in [4.78, 5) is 12.9. The number of benzene rings is 8. The quantitative estimate of drug-likeness (QED) is 0.184. The van der Waals surface area contributed by atoms with Gasteiger partial charge < -0.3 is 10.2 Å². The zero-order valence-electron chi connectivity index (χ0n) is 28.7. The third-order valence-electron chi connectivity index (χ3n) is 7.89. The summed E-state index contributed by atoms with van der Waals surface area (Å²) in [6.07, 6.45) is 4.31. The minimum absolute atomic E-state index is 1.12. The Kier molecular flexibility index (Phi) is 12.8. The average molecular weight is 674 g/mol. The van der Waals surface area contributed by atoms with Gasteiger partial charge in [0.1, 0.15) is 19.0 Å². The molecule has 1 N–H and O–H groups in total. The highest BCUT2D eigenvalue weighted by molar-refractivity contribution is 5.98. The van der Waals surface area contributed by atoms with Crippen molar-refractivity contribution in [1.29, 1.82) is 0 Å². The first-order valence-corrected chi connectivity index (χ1v) is 17.1. The molecule has 1 aromatic heterocycles. The molecule has 0 atom stereocenters. The normalized spacial score (nSPS) is 9.92. The first kappa shape index (κ1) is 34.7. The van der Waals surface area contributed by atoms with Crippen LogP contribution < -0.4 is 10.2 Å². The number of rotatable bonds is 5. The summed E-state index contributed by atoms with van der Waals surface area (Å²) in [6, 6.07) is 73.0. The smallest absolute Gasteiger partial charge is 0.119 e. The van der Waals surface area contributed by atoms with E-state index in [9.17, 15) is 0 Å². The Balaban J connectivity index is 0.000000126. The lowest BCUT2D eigenvalue weighted by atomic mass is 10.0. The number of hydrogen-bond donors (Lipinski definition) is 1. The zero-order valence-corrected chi connectivity index (χ0v) is 28.7. The Bertz CT molecular complexity index is 2040. The Morgan fingerprint density at radius 1 is 0.288 bits per heavy atom. The standard InChI is InChI=1S/C18H15N.C14H10.C12H11N.C3H3N3/c1-4-10-16(11-5-1)19(17-12-6-2-7-13-17)18-14-8-3-9-15-18;1-2-6-12-10-14-8-4-3-7-13(14)9-11(12)5-1;1-3-7-11(8-4-1)13-12-9-5-2-6-10-12;1-4-2-6-3-5-1/h1-15H;1-10H;1-10,13H;1-3H. The molecular weight excluding hydrogens is 635 g/mol. The largest absolute Gasteiger partial charge is 0.356 e. The molecule has 9 aromatic rings. The Hall–Kier alpha value is -7.11. The molecule has 0 fully saturated rings. The van der Waals surface area contributed by atoms with Crippen LogP contribution in [0.5, 0.6) is 0 Å². The summed E-state index contributed by atoms with van der Waals surface area (Å²) < 4.78 is 0. The number of para-hydroxylation sites is 5. The van der Waals surface area contributed by atoms with Crippen LogP contribution in [0.25, 0.3) is 21.5 Å². The number of nitrogens with one attached hydrogen (secondary N) is 1. The van der Waals surface area contributed by atoms with Crippen LogP contribution >= 0.6 is 0 Å². The predicted octanol–water partition coefficient (Wildman–Crippen LogP) is 12.5. The molecule has 5 nitrogen and oxygen atoms in total. The molecule has 0 radical (unpaired) electrons. The van der Waals surface area contributed by atoms with Crippen LogP contribution in [0.1, 0.15) is 0 Å². The van der Waals surface area contributed by atoms with Gasteiger partial charge >= 0.3 is 0 Å². The van der Waals surface area contributed by atoms with E-state index in [0.717, 1.165) is 11.4 Å². The van der Waals surface area contributed by atoms with Crippen molar-refractivity contribution in [2.75, 3.05) is 10.2 Å². The van der Waals surface area contributed by atoms with E-state index >= 15 is 0 Å². The van der Waals surface area contributed by atoms with E-state index in [1.54, 1.807) is 0 Å². The molecule has 8 aromatic carbocycles. The molecule has 9 rings (SSSR count). The minimum Gasteiger partial charge on any atom is -0.356 e. The number of fused-ring (bicyclic) bond motifs is 2. The second-order valence-electron chi connectivity index (χ2n) is 11.5. The first-order valence-electron chi connectivity index (χ1n) is 17.1. The maximum absolute atomic E-state index is 3.56. The molecule has 0 amide bonds.